The van der Waals surface area contributed by atoms with E-state index in [1.165, 1.54) is 22.3 Å². The molecule has 1 fully saturated rings. The standard InChI is InChI=1S/C28H29N3O2/c1-18-13-19(2)22(20(3)14-18)17-31-24-10-6-5-9-23(24)29-28(31)21-15-27(32)30(16-21)25-11-7-8-12-26(25)33-4/h5-14,21H,15-17H2,1-4H3/t21-/m1/s1. The highest BCUT2D eigenvalue weighted by molar-refractivity contribution is 5.97. The zero-order chi connectivity index (χ0) is 23.1. The van der Waals surface area contributed by atoms with E-state index in [0.29, 0.717) is 18.7 Å². The first kappa shape index (κ1) is 21.3. The second kappa shape index (κ2) is 8.39. The van der Waals surface area contributed by atoms with E-state index in [2.05, 4.69) is 55.7 Å². The topological polar surface area (TPSA) is 47.4 Å². The normalized spacial score (nSPS) is 16.1. The Morgan fingerprint density at radius 1 is 1.00 bits per heavy atom. The SMILES string of the molecule is COc1ccccc1N1C[C@H](c2nc3ccccc3n2Cc2c(C)cc(C)cc2C)CC1=O. The van der Waals surface area contributed by atoms with E-state index in [9.17, 15) is 4.79 Å². The molecule has 168 valence electrons. The molecule has 4 aromatic rings. The van der Waals surface area contributed by atoms with Crippen molar-refractivity contribution in [1.82, 2.24) is 9.55 Å². The Hall–Kier alpha value is -3.60. The zero-order valence-electron chi connectivity index (χ0n) is 19.6. The third kappa shape index (κ3) is 3.78. The fourth-order valence-corrected chi connectivity index (χ4v) is 5.16. The predicted octanol–water partition coefficient (Wildman–Crippen LogP) is 5.54. The average Bonchev–Trinajstić information content (AvgIpc) is 3.36. The Labute approximate surface area is 194 Å². The van der Waals surface area contributed by atoms with Gasteiger partial charge in [0.15, 0.2) is 0 Å². The molecule has 1 saturated heterocycles. The molecule has 0 bridgehead atoms. The van der Waals surface area contributed by atoms with Gasteiger partial charge >= 0.3 is 0 Å². The Morgan fingerprint density at radius 3 is 2.45 bits per heavy atom. The van der Waals surface area contributed by atoms with Gasteiger partial charge in [-0.3, -0.25) is 4.79 Å². The first-order chi connectivity index (χ1) is 16.0. The van der Waals surface area contributed by atoms with Crippen LogP contribution in [0.15, 0.2) is 60.7 Å². The number of carbonyl (C=O) groups is 1. The van der Waals surface area contributed by atoms with E-state index in [1.807, 2.05) is 35.2 Å². The molecule has 1 atom stereocenters. The highest BCUT2D eigenvalue weighted by Gasteiger charge is 2.36. The van der Waals surface area contributed by atoms with Gasteiger partial charge in [0, 0.05) is 25.4 Å². The van der Waals surface area contributed by atoms with Crippen molar-refractivity contribution in [2.75, 3.05) is 18.6 Å². The van der Waals surface area contributed by atoms with Gasteiger partial charge in [0.1, 0.15) is 11.6 Å². The van der Waals surface area contributed by atoms with Crippen LogP contribution >= 0.6 is 0 Å². The number of methoxy groups -OCH3 is 1. The Balaban J connectivity index is 1.56. The summed E-state index contributed by atoms with van der Waals surface area (Å²) in [5, 5.41) is 0. The van der Waals surface area contributed by atoms with Gasteiger partial charge in [-0.05, 0) is 61.7 Å². The molecule has 33 heavy (non-hydrogen) atoms. The van der Waals surface area contributed by atoms with Gasteiger partial charge in [0.2, 0.25) is 5.91 Å². The minimum atomic E-state index is 0.0147. The summed E-state index contributed by atoms with van der Waals surface area (Å²) >= 11 is 0. The van der Waals surface area contributed by atoms with Crippen LogP contribution in [-0.4, -0.2) is 29.1 Å². The summed E-state index contributed by atoms with van der Waals surface area (Å²) < 4.78 is 7.83. The number of amides is 1. The second-order valence-corrected chi connectivity index (χ2v) is 9.00. The number of ether oxygens (including phenoxy) is 1. The van der Waals surface area contributed by atoms with Crippen LogP contribution in [0.1, 0.15) is 40.4 Å². The summed E-state index contributed by atoms with van der Waals surface area (Å²) in [7, 11) is 1.64. The van der Waals surface area contributed by atoms with Gasteiger partial charge < -0.3 is 14.2 Å². The molecular weight excluding hydrogens is 410 g/mol. The second-order valence-electron chi connectivity index (χ2n) is 9.00. The Morgan fingerprint density at radius 2 is 1.70 bits per heavy atom. The lowest BCUT2D eigenvalue weighted by Gasteiger charge is -2.20. The largest absolute Gasteiger partial charge is 0.495 e. The lowest BCUT2D eigenvalue weighted by Crippen LogP contribution is -2.25. The molecular formula is C28H29N3O2. The highest BCUT2D eigenvalue weighted by atomic mass is 16.5. The molecule has 5 nitrogen and oxygen atoms in total. The maximum absolute atomic E-state index is 13.1. The monoisotopic (exact) mass is 439 g/mol. The Kier molecular flexibility index (Phi) is 5.41. The van der Waals surface area contributed by atoms with E-state index >= 15 is 0 Å². The van der Waals surface area contributed by atoms with Crippen molar-refractivity contribution in [2.24, 2.45) is 0 Å². The van der Waals surface area contributed by atoms with Crippen LogP contribution in [-0.2, 0) is 11.3 Å². The van der Waals surface area contributed by atoms with Crippen LogP contribution in [0, 0.1) is 20.8 Å². The molecule has 1 aliphatic rings. The molecule has 0 aliphatic carbocycles. The van der Waals surface area contributed by atoms with Gasteiger partial charge in [-0.25, -0.2) is 4.98 Å². The van der Waals surface area contributed by atoms with Gasteiger partial charge in [0.25, 0.3) is 0 Å². The van der Waals surface area contributed by atoms with E-state index in [-0.39, 0.29) is 11.8 Å². The minimum absolute atomic E-state index is 0.0147. The number of hydrogen-bond acceptors (Lipinski definition) is 3. The van der Waals surface area contributed by atoms with Crippen LogP contribution in [0.4, 0.5) is 5.69 Å². The number of fused-ring (bicyclic) bond motifs is 1. The average molecular weight is 440 g/mol. The fraction of sp³-hybridized carbons (Fsp3) is 0.286. The molecule has 0 N–H and O–H groups in total. The lowest BCUT2D eigenvalue weighted by atomic mass is 9.99. The maximum atomic E-state index is 13.1. The van der Waals surface area contributed by atoms with Crippen LogP contribution in [0.25, 0.3) is 11.0 Å². The summed E-state index contributed by atoms with van der Waals surface area (Å²) in [6, 6.07) is 20.4. The number of anilines is 1. The van der Waals surface area contributed by atoms with E-state index in [1.54, 1.807) is 7.11 Å². The number of rotatable bonds is 5. The highest BCUT2D eigenvalue weighted by Crippen LogP contribution is 2.37. The van der Waals surface area contributed by atoms with E-state index in [4.69, 9.17) is 9.72 Å². The number of carbonyl (C=O) groups excluding carboxylic acids is 1. The Bertz CT molecular complexity index is 1330. The summed E-state index contributed by atoms with van der Waals surface area (Å²) in [6.07, 6.45) is 0.438. The number of nitrogens with zero attached hydrogens (tertiary/aromatic N) is 3. The van der Waals surface area contributed by atoms with E-state index in [0.717, 1.165) is 29.1 Å². The molecule has 1 aliphatic heterocycles. The molecule has 5 heteroatoms. The van der Waals surface area contributed by atoms with Gasteiger partial charge in [-0.1, -0.05) is 42.0 Å². The number of imidazole rings is 1. The van der Waals surface area contributed by atoms with Crippen LogP contribution in [0.5, 0.6) is 5.75 Å². The van der Waals surface area contributed by atoms with Crippen molar-refractivity contribution in [3.8, 4) is 5.75 Å². The first-order valence-corrected chi connectivity index (χ1v) is 11.4. The molecule has 2 heterocycles. The van der Waals surface area contributed by atoms with Gasteiger partial charge in [-0.2, -0.15) is 0 Å². The number of aromatic nitrogens is 2. The predicted molar refractivity (Wildman–Crippen MR) is 132 cm³/mol. The van der Waals surface area contributed by atoms with Gasteiger partial charge in [0.05, 0.1) is 23.8 Å². The van der Waals surface area contributed by atoms with Gasteiger partial charge in [-0.15, -0.1) is 0 Å². The molecule has 1 aromatic heterocycles. The van der Waals surface area contributed by atoms with Crippen molar-refractivity contribution in [3.05, 3.63) is 88.7 Å². The number of benzene rings is 3. The van der Waals surface area contributed by atoms with Crippen LogP contribution in [0.2, 0.25) is 0 Å². The molecule has 0 saturated carbocycles. The third-order valence-electron chi connectivity index (χ3n) is 6.71. The lowest BCUT2D eigenvalue weighted by molar-refractivity contribution is -0.117. The summed E-state index contributed by atoms with van der Waals surface area (Å²) in [4.78, 5) is 20.0. The zero-order valence-corrected chi connectivity index (χ0v) is 19.6. The maximum Gasteiger partial charge on any atom is 0.227 e. The minimum Gasteiger partial charge on any atom is -0.495 e. The number of hydrogen-bond donors (Lipinski definition) is 0. The van der Waals surface area contributed by atoms with Crippen molar-refractivity contribution >= 4 is 22.6 Å². The molecule has 3 aromatic carbocycles. The molecule has 0 unspecified atom stereocenters. The fourth-order valence-electron chi connectivity index (χ4n) is 5.16. The van der Waals surface area contributed by atoms with E-state index < -0.39 is 0 Å². The molecule has 0 radical (unpaired) electrons. The van der Waals surface area contributed by atoms with Crippen molar-refractivity contribution < 1.29 is 9.53 Å². The van der Waals surface area contributed by atoms with Crippen LogP contribution < -0.4 is 9.64 Å². The summed E-state index contributed by atoms with van der Waals surface area (Å²) in [5.41, 5.74) is 8.06. The van der Waals surface area contributed by atoms with Crippen molar-refractivity contribution in [1.29, 1.82) is 0 Å². The number of aryl methyl sites for hydroxylation is 3. The quantitative estimate of drug-likeness (QED) is 0.410. The molecule has 0 spiro atoms. The van der Waals surface area contributed by atoms with Crippen molar-refractivity contribution in [3.63, 3.8) is 0 Å². The van der Waals surface area contributed by atoms with Crippen molar-refractivity contribution in [2.45, 2.75) is 39.7 Å². The summed E-state index contributed by atoms with van der Waals surface area (Å²) in [6.45, 7) is 7.83. The van der Waals surface area contributed by atoms with Crippen LogP contribution in [0.3, 0.4) is 0 Å². The summed E-state index contributed by atoms with van der Waals surface area (Å²) in [5.74, 6) is 1.80. The third-order valence-corrected chi connectivity index (χ3v) is 6.71. The number of para-hydroxylation sites is 4. The molecule has 1 amide bonds. The molecule has 5 rings (SSSR count). The smallest absolute Gasteiger partial charge is 0.227 e. The first-order valence-electron chi connectivity index (χ1n) is 11.4.